The third-order valence-corrected chi connectivity index (χ3v) is 5.38. The molecule has 1 aliphatic rings. The molecular weight excluding hydrogens is 280 g/mol. The van der Waals surface area contributed by atoms with Crippen molar-refractivity contribution in [3.05, 3.63) is 30.3 Å². The molecule has 0 aromatic heterocycles. The van der Waals surface area contributed by atoms with Gasteiger partial charge in [-0.2, -0.15) is 0 Å². The van der Waals surface area contributed by atoms with Gasteiger partial charge in [0.1, 0.15) is 0 Å². The zero-order chi connectivity index (χ0) is 16.8. The van der Waals surface area contributed by atoms with E-state index in [0.717, 1.165) is 0 Å². The number of hydrogen-bond acceptors (Lipinski definition) is 2. The summed E-state index contributed by atoms with van der Waals surface area (Å²) in [4.78, 5) is 5.47. The zero-order valence-corrected chi connectivity index (χ0v) is 15.8. The van der Waals surface area contributed by atoms with Crippen molar-refractivity contribution in [2.24, 2.45) is 0 Å². The fourth-order valence-electron chi connectivity index (χ4n) is 4.40. The van der Waals surface area contributed by atoms with Crippen molar-refractivity contribution >= 4 is 5.69 Å². The number of unbranched alkanes of at least 4 members (excludes halogenated alkanes) is 2. The number of rotatable bonds is 8. The van der Waals surface area contributed by atoms with Crippen LogP contribution >= 0.6 is 0 Å². The lowest BCUT2D eigenvalue weighted by molar-refractivity contribution is 0.143. The van der Waals surface area contributed by atoms with Crippen LogP contribution in [0.25, 0.3) is 0 Å². The Labute approximate surface area is 143 Å². The molecule has 0 amide bonds. The maximum absolute atomic E-state index is 2.77. The number of benzene rings is 1. The molecule has 2 nitrogen and oxygen atoms in total. The highest BCUT2D eigenvalue weighted by atomic mass is 15.5. The summed E-state index contributed by atoms with van der Waals surface area (Å²) in [7, 11) is 0. The molecule has 130 valence electrons. The normalized spacial score (nSPS) is 25.5. The second-order valence-electron chi connectivity index (χ2n) is 7.33. The summed E-state index contributed by atoms with van der Waals surface area (Å²) in [6, 6.07) is 13.0. The van der Waals surface area contributed by atoms with E-state index in [1.807, 2.05) is 0 Å². The molecule has 1 heterocycles. The van der Waals surface area contributed by atoms with Gasteiger partial charge in [-0.3, -0.25) is 4.90 Å². The lowest BCUT2D eigenvalue weighted by atomic mass is 9.96. The lowest BCUT2D eigenvalue weighted by Crippen LogP contribution is -2.43. The lowest BCUT2D eigenvalue weighted by Gasteiger charge is -2.33. The standard InChI is InChI=1S/C21H36N2/c1-6-8-15-20-21(16-9-7-2)23(18(5)22(20)17(3)4)19-13-11-10-12-14-19/h10-14,17-18,20-21H,6-9,15-16H2,1-5H3. The summed E-state index contributed by atoms with van der Waals surface area (Å²) in [5.41, 5.74) is 1.39. The molecule has 1 fully saturated rings. The van der Waals surface area contributed by atoms with Crippen molar-refractivity contribution in [2.75, 3.05) is 4.90 Å². The van der Waals surface area contributed by atoms with Crippen molar-refractivity contribution in [2.45, 2.75) is 97.4 Å². The van der Waals surface area contributed by atoms with Gasteiger partial charge in [0.15, 0.2) is 0 Å². The molecule has 1 aliphatic heterocycles. The molecule has 1 aromatic rings. The Kier molecular flexibility index (Phi) is 6.95. The van der Waals surface area contributed by atoms with Gasteiger partial charge in [-0.05, 0) is 45.7 Å². The Morgan fingerprint density at radius 1 is 0.913 bits per heavy atom. The maximum atomic E-state index is 2.77. The molecular formula is C21H36N2. The van der Waals surface area contributed by atoms with E-state index in [0.29, 0.717) is 24.3 Å². The first-order valence-corrected chi connectivity index (χ1v) is 9.72. The monoisotopic (exact) mass is 316 g/mol. The molecule has 23 heavy (non-hydrogen) atoms. The Hall–Kier alpha value is -1.02. The largest absolute Gasteiger partial charge is 0.351 e. The van der Waals surface area contributed by atoms with Crippen LogP contribution in [-0.4, -0.2) is 29.2 Å². The van der Waals surface area contributed by atoms with E-state index >= 15 is 0 Å². The molecule has 1 aromatic carbocycles. The van der Waals surface area contributed by atoms with Gasteiger partial charge in [0.05, 0.1) is 6.17 Å². The van der Waals surface area contributed by atoms with E-state index in [2.05, 4.69) is 74.8 Å². The van der Waals surface area contributed by atoms with E-state index in [-0.39, 0.29) is 0 Å². The van der Waals surface area contributed by atoms with E-state index < -0.39 is 0 Å². The molecule has 3 unspecified atom stereocenters. The first-order valence-electron chi connectivity index (χ1n) is 9.72. The molecule has 0 spiro atoms. The van der Waals surface area contributed by atoms with Gasteiger partial charge in [-0.25, -0.2) is 0 Å². The third-order valence-electron chi connectivity index (χ3n) is 5.38. The van der Waals surface area contributed by atoms with Gasteiger partial charge in [0.2, 0.25) is 0 Å². The fourth-order valence-corrected chi connectivity index (χ4v) is 4.40. The molecule has 0 N–H and O–H groups in total. The van der Waals surface area contributed by atoms with Crippen LogP contribution in [0.2, 0.25) is 0 Å². The van der Waals surface area contributed by atoms with Crippen LogP contribution in [0.15, 0.2) is 30.3 Å². The first kappa shape index (κ1) is 18.3. The summed E-state index contributed by atoms with van der Waals surface area (Å²) in [6.45, 7) is 11.8. The number of anilines is 1. The predicted octanol–water partition coefficient (Wildman–Crippen LogP) is 5.68. The summed E-state index contributed by atoms with van der Waals surface area (Å²) in [5, 5.41) is 0. The minimum atomic E-state index is 0.487. The average molecular weight is 317 g/mol. The van der Waals surface area contributed by atoms with Crippen LogP contribution < -0.4 is 4.90 Å². The molecule has 0 saturated carbocycles. The number of para-hydroxylation sites is 1. The Balaban J connectivity index is 2.33. The van der Waals surface area contributed by atoms with Gasteiger partial charge >= 0.3 is 0 Å². The topological polar surface area (TPSA) is 6.48 Å². The summed E-state index contributed by atoms with van der Waals surface area (Å²) in [6.07, 6.45) is 8.38. The third kappa shape index (κ3) is 4.09. The minimum Gasteiger partial charge on any atom is -0.351 e. The zero-order valence-electron chi connectivity index (χ0n) is 15.8. The second kappa shape index (κ2) is 8.73. The number of hydrogen-bond donors (Lipinski definition) is 0. The predicted molar refractivity (Wildman–Crippen MR) is 102 cm³/mol. The van der Waals surface area contributed by atoms with Crippen LogP contribution in [0, 0.1) is 0 Å². The van der Waals surface area contributed by atoms with Crippen LogP contribution in [0.5, 0.6) is 0 Å². The highest BCUT2D eigenvalue weighted by Crippen LogP contribution is 2.37. The van der Waals surface area contributed by atoms with Crippen molar-refractivity contribution < 1.29 is 0 Å². The van der Waals surface area contributed by atoms with Gasteiger partial charge in [-0.1, -0.05) is 57.7 Å². The van der Waals surface area contributed by atoms with Gasteiger partial charge in [-0.15, -0.1) is 0 Å². The first-order chi connectivity index (χ1) is 11.1. The highest BCUT2D eigenvalue weighted by Gasteiger charge is 2.44. The molecule has 1 saturated heterocycles. The Morgan fingerprint density at radius 3 is 2.00 bits per heavy atom. The molecule has 2 heteroatoms. The van der Waals surface area contributed by atoms with Crippen molar-refractivity contribution in [1.29, 1.82) is 0 Å². The van der Waals surface area contributed by atoms with Gasteiger partial charge in [0.25, 0.3) is 0 Å². The van der Waals surface area contributed by atoms with Crippen molar-refractivity contribution in [1.82, 2.24) is 4.90 Å². The summed E-state index contributed by atoms with van der Waals surface area (Å²) in [5.74, 6) is 0. The van der Waals surface area contributed by atoms with Gasteiger partial charge < -0.3 is 4.90 Å². The smallest absolute Gasteiger partial charge is 0.0801 e. The van der Waals surface area contributed by atoms with Crippen LogP contribution in [-0.2, 0) is 0 Å². The second-order valence-corrected chi connectivity index (χ2v) is 7.33. The molecule has 0 aliphatic carbocycles. The van der Waals surface area contributed by atoms with Crippen LogP contribution in [0.1, 0.15) is 73.1 Å². The molecule has 0 bridgehead atoms. The number of nitrogens with zero attached hydrogens (tertiary/aromatic N) is 2. The molecule has 0 radical (unpaired) electrons. The van der Waals surface area contributed by atoms with Crippen LogP contribution in [0.4, 0.5) is 5.69 Å². The molecule has 3 atom stereocenters. The Bertz CT molecular complexity index is 442. The maximum Gasteiger partial charge on any atom is 0.0801 e. The minimum absolute atomic E-state index is 0.487. The SMILES string of the molecule is CCCCC1C(CCCC)N(C(C)C)C(C)N1c1ccccc1. The summed E-state index contributed by atoms with van der Waals surface area (Å²) < 4.78 is 0. The summed E-state index contributed by atoms with van der Waals surface area (Å²) >= 11 is 0. The average Bonchev–Trinajstić information content (AvgIpc) is 2.83. The van der Waals surface area contributed by atoms with Crippen molar-refractivity contribution in [3.8, 4) is 0 Å². The van der Waals surface area contributed by atoms with Crippen LogP contribution in [0.3, 0.4) is 0 Å². The van der Waals surface area contributed by atoms with E-state index in [9.17, 15) is 0 Å². The molecule has 2 rings (SSSR count). The van der Waals surface area contributed by atoms with E-state index in [1.54, 1.807) is 0 Å². The fraction of sp³-hybridized carbons (Fsp3) is 0.714. The van der Waals surface area contributed by atoms with E-state index in [4.69, 9.17) is 0 Å². The van der Waals surface area contributed by atoms with E-state index in [1.165, 1.54) is 44.2 Å². The Morgan fingerprint density at radius 2 is 1.48 bits per heavy atom. The van der Waals surface area contributed by atoms with Crippen molar-refractivity contribution in [3.63, 3.8) is 0 Å². The quantitative estimate of drug-likeness (QED) is 0.608. The highest BCUT2D eigenvalue weighted by molar-refractivity contribution is 5.50. The van der Waals surface area contributed by atoms with Gasteiger partial charge in [0, 0.05) is 23.8 Å².